The Kier molecular flexibility index (Phi) is 4.68. The molecule has 25 heavy (non-hydrogen) atoms. The molecule has 1 heterocycles. The van der Waals surface area contributed by atoms with E-state index in [0.717, 1.165) is 16.6 Å². The van der Waals surface area contributed by atoms with Crippen LogP contribution in [-0.2, 0) is 6.61 Å². The van der Waals surface area contributed by atoms with Gasteiger partial charge < -0.3 is 19.9 Å². The van der Waals surface area contributed by atoms with Crippen LogP contribution in [0.15, 0.2) is 42.6 Å². The number of nitrogens with one attached hydrogen (secondary N) is 1. The molecule has 6 nitrogen and oxygen atoms in total. The number of aliphatic hydroxyl groups is 1. The largest absolute Gasteiger partial charge is 0.493 e. The molecule has 0 bridgehead atoms. The van der Waals surface area contributed by atoms with E-state index < -0.39 is 0 Å². The Balaban J connectivity index is 2.18. The Hall–Kier alpha value is -3.30. The van der Waals surface area contributed by atoms with Gasteiger partial charge in [0.25, 0.3) is 0 Å². The van der Waals surface area contributed by atoms with E-state index in [4.69, 9.17) is 9.47 Å². The molecule has 3 rings (SSSR count). The summed E-state index contributed by atoms with van der Waals surface area (Å²) in [5.74, 6) is 1.12. The third-order valence-electron chi connectivity index (χ3n) is 3.87. The highest BCUT2D eigenvalue weighted by atomic mass is 16.5. The highest BCUT2D eigenvalue weighted by Gasteiger charge is 2.14. The molecule has 0 saturated carbocycles. The van der Waals surface area contributed by atoms with Gasteiger partial charge in [0.1, 0.15) is 6.07 Å². The third-order valence-corrected chi connectivity index (χ3v) is 3.87. The Morgan fingerprint density at radius 1 is 1.16 bits per heavy atom. The number of pyridine rings is 1. The van der Waals surface area contributed by atoms with Crippen LogP contribution in [0.2, 0.25) is 0 Å². The van der Waals surface area contributed by atoms with E-state index in [9.17, 15) is 10.4 Å². The molecule has 3 aromatic rings. The van der Waals surface area contributed by atoms with Gasteiger partial charge in [0.2, 0.25) is 0 Å². The second-order valence-electron chi connectivity index (χ2n) is 5.37. The van der Waals surface area contributed by atoms with E-state index in [0.29, 0.717) is 28.3 Å². The van der Waals surface area contributed by atoms with Crippen LogP contribution in [-0.4, -0.2) is 24.3 Å². The lowest BCUT2D eigenvalue weighted by Crippen LogP contribution is -1.99. The normalized spacial score (nSPS) is 10.3. The van der Waals surface area contributed by atoms with Gasteiger partial charge in [0.05, 0.1) is 37.6 Å². The van der Waals surface area contributed by atoms with E-state index in [2.05, 4.69) is 16.4 Å². The summed E-state index contributed by atoms with van der Waals surface area (Å²) in [4.78, 5) is 4.33. The lowest BCUT2D eigenvalue weighted by atomic mass is 10.1. The van der Waals surface area contributed by atoms with Gasteiger partial charge >= 0.3 is 0 Å². The molecular weight excluding hydrogens is 318 g/mol. The summed E-state index contributed by atoms with van der Waals surface area (Å²) in [5, 5.41) is 22.8. The van der Waals surface area contributed by atoms with Crippen molar-refractivity contribution in [1.82, 2.24) is 4.98 Å². The number of fused-ring (bicyclic) bond motifs is 1. The number of nitrogens with zero attached hydrogens (tertiary/aromatic N) is 2. The number of benzene rings is 2. The fourth-order valence-corrected chi connectivity index (χ4v) is 2.63. The molecule has 0 radical (unpaired) electrons. The van der Waals surface area contributed by atoms with E-state index in [-0.39, 0.29) is 6.61 Å². The minimum absolute atomic E-state index is 0.0528. The van der Waals surface area contributed by atoms with Crippen molar-refractivity contribution in [2.24, 2.45) is 0 Å². The zero-order valence-corrected chi connectivity index (χ0v) is 13.9. The molecule has 2 aromatic carbocycles. The van der Waals surface area contributed by atoms with Crippen molar-refractivity contribution in [2.75, 3.05) is 19.5 Å². The number of hydrogen-bond acceptors (Lipinski definition) is 6. The first-order chi connectivity index (χ1) is 12.2. The highest BCUT2D eigenvalue weighted by Crippen LogP contribution is 2.36. The summed E-state index contributed by atoms with van der Waals surface area (Å²) in [7, 11) is 3.12. The molecule has 0 aliphatic rings. The summed E-state index contributed by atoms with van der Waals surface area (Å²) in [6.45, 7) is -0.0528. The van der Waals surface area contributed by atoms with Crippen LogP contribution in [0, 0.1) is 11.3 Å². The molecule has 1 aromatic heterocycles. The first-order valence-corrected chi connectivity index (χ1v) is 7.61. The number of hydrogen-bond donors (Lipinski definition) is 2. The minimum atomic E-state index is -0.0528. The lowest BCUT2D eigenvalue weighted by Gasteiger charge is -2.14. The summed E-state index contributed by atoms with van der Waals surface area (Å²) < 4.78 is 10.7. The van der Waals surface area contributed by atoms with Crippen molar-refractivity contribution in [2.45, 2.75) is 6.61 Å². The third kappa shape index (κ3) is 3.18. The van der Waals surface area contributed by atoms with Gasteiger partial charge in [-0.15, -0.1) is 0 Å². The van der Waals surface area contributed by atoms with Crippen molar-refractivity contribution in [3.8, 4) is 17.6 Å². The summed E-state index contributed by atoms with van der Waals surface area (Å²) in [6, 6.07) is 13.1. The number of ether oxygens (including phenoxy) is 2. The first-order valence-electron chi connectivity index (χ1n) is 7.61. The van der Waals surface area contributed by atoms with Gasteiger partial charge in [-0.2, -0.15) is 5.26 Å². The van der Waals surface area contributed by atoms with Crippen LogP contribution in [0.1, 0.15) is 11.1 Å². The van der Waals surface area contributed by atoms with E-state index in [1.54, 1.807) is 26.4 Å². The minimum Gasteiger partial charge on any atom is -0.493 e. The van der Waals surface area contributed by atoms with Crippen LogP contribution < -0.4 is 14.8 Å². The Bertz CT molecular complexity index is 964. The second kappa shape index (κ2) is 7.07. The average Bonchev–Trinajstić information content (AvgIpc) is 2.67. The predicted octanol–water partition coefficient (Wildman–Crippen LogP) is 3.36. The maximum atomic E-state index is 9.46. The standard InChI is InChI=1S/C19H17N3O3/c1-24-17-7-15-16(8-18(17)25-2)21-10-13(9-20)19(15)22-14-5-3-4-12(6-14)11-23/h3-8,10,23H,11H2,1-2H3,(H,21,22). The Labute approximate surface area is 145 Å². The SMILES string of the molecule is COc1cc2ncc(C#N)c(Nc3cccc(CO)c3)c2cc1OC. The van der Waals surface area contributed by atoms with Crippen molar-refractivity contribution in [3.05, 3.63) is 53.7 Å². The van der Waals surface area contributed by atoms with E-state index in [1.165, 1.54) is 6.20 Å². The average molecular weight is 335 g/mol. The number of rotatable bonds is 5. The number of anilines is 2. The Morgan fingerprint density at radius 2 is 1.92 bits per heavy atom. The van der Waals surface area contributed by atoms with Crippen LogP contribution in [0.5, 0.6) is 11.5 Å². The van der Waals surface area contributed by atoms with Crippen LogP contribution >= 0.6 is 0 Å². The summed E-state index contributed by atoms with van der Waals surface area (Å²) in [6.07, 6.45) is 1.52. The first kappa shape index (κ1) is 16.6. The Morgan fingerprint density at radius 3 is 2.60 bits per heavy atom. The zero-order valence-electron chi connectivity index (χ0n) is 13.9. The number of nitriles is 1. The van der Waals surface area contributed by atoms with Crippen LogP contribution in [0.3, 0.4) is 0 Å². The molecule has 0 spiro atoms. The number of methoxy groups -OCH3 is 2. The molecule has 0 aliphatic heterocycles. The maximum absolute atomic E-state index is 9.46. The number of aromatic nitrogens is 1. The van der Waals surface area contributed by atoms with Gasteiger partial charge in [-0.3, -0.25) is 4.98 Å². The highest BCUT2D eigenvalue weighted by molar-refractivity contribution is 5.97. The quantitative estimate of drug-likeness (QED) is 0.743. The molecule has 0 aliphatic carbocycles. The van der Waals surface area contributed by atoms with Crippen molar-refractivity contribution in [3.63, 3.8) is 0 Å². The monoisotopic (exact) mass is 335 g/mol. The fourth-order valence-electron chi connectivity index (χ4n) is 2.63. The zero-order chi connectivity index (χ0) is 17.8. The van der Waals surface area contributed by atoms with Gasteiger partial charge in [0, 0.05) is 23.3 Å². The molecule has 0 fully saturated rings. The van der Waals surface area contributed by atoms with E-state index in [1.807, 2.05) is 24.3 Å². The van der Waals surface area contributed by atoms with Crippen LogP contribution in [0.25, 0.3) is 10.9 Å². The molecule has 0 unspecified atom stereocenters. The predicted molar refractivity (Wildman–Crippen MR) is 95.2 cm³/mol. The lowest BCUT2D eigenvalue weighted by molar-refractivity contribution is 0.282. The maximum Gasteiger partial charge on any atom is 0.162 e. The van der Waals surface area contributed by atoms with Crippen molar-refractivity contribution in [1.29, 1.82) is 5.26 Å². The van der Waals surface area contributed by atoms with Crippen molar-refractivity contribution < 1.29 is 14.6 Å². The number of aliphatic hydroxyl groups excluding tert-OH is 1. The molecule has 0 atom stereocenters. The molecule has 6 heteroatoms. The van der Waals surface area contributed by atoms with Gasteiger partial charge in [-0.25, -0.2) is 0 Å². The van der Waals surface area contributed by atoms with Gasteiger partial charge in [-0.1, -0.05) is 12.1 Å². The van der Waals surface area contributed by atoms with E-state index >= 15 is 0 Å². The van der Waals surface area contributed by atoms with Crippen LogP contribution in [0.4, 0.5) is 11.4 Å². The fraction of sp³-hybridized carbons (Fsp3) is 0.158. The van der Waals surface area contributed by atoms with Crippen molar-refractivity contribution >= 4 is 22.3 Å². The topological polar surface area (TPSA) is 87.4 Å². The van der Waals surface area contributed by atoms with Gasteiger partial charge in [-0.05, 0) is 23.8 Å². The molecule has 0 amide bonds. The molecule has 0 saturated heterocycles. The van der Waals surface area contributed by atoms with Gasteiger partial charge in [0.15, 0.2) is 11.5 Å². The molecule has 126 valence electrons. The second-order valence-corrected chi connectivity index (χ2v) is 5.37. The summed E-state index contributed by atoms with van der Waals surface area (Å²) >= 11 is 0. The smallest absolute Gasteiger partial charge is 0.162 e. The molecule has 2 N–H and O–H groups in total. The molecular formula is C19H17N3O3. The summed E-state index contributed by atoms with van der Waals surface area (Å²) in [5.41, 5.74) is 3.27.